The summed E-state index contributed by atoms with van der Waals surface area (Å²) in [6.07, 6.45) is 15.7. The Hall–Kier alpha value is -3.55. The van der Waals surface area contributed by atoms with E-state index in [0.717, 1.165) is 19.3 Å². The first-order chi connectivity index (χ1) is 23.7. The van der Waals surface area contributed by atoms with Crippen LogP contribution in [0.25, 0.3) is 0 Å². The van der Waals surface area contributed by atoms with Crippen molar-refractivity contribution in [1.29, 1.82) is 0 Å². The number of hydrogen-bond donors (Lipinski definition) is 8. The molecule has 0 aliphatic carbocycles. The van der Waals surface area contributed by atoms with Crippen molar-refractivity contribution >= 4 is 35.2 Å². The first kappa shape index (κ1) is 43.5. The van der Waals surface area contributed by atoms with Crippen molar-refractivity contribution in [1.82, 2.24) is 16.0 Å². The lowest BCUT2D eigenvalue weighted by molar-refractivity contribution is -0.132. The van der Waals surface area contributed by atoms with Gasteiger partial charge in [0.15, 0.2) is 0 Å². The van der Waals surface area contributed by atoms with E-state index in [2.05, 4.69) is 28.2 Å². The van der Waals surface area contributed by atoms with Crippen LogP contribution in [0, 0.1) is 0 Å². The number of rotatable bonds is 29. The molecule has 1 aromatic carbocycles. The highest BCUT2D eigenvalue weighted by Crippen LogP contribution is 2.15. The van der Waals surface area contributed by atoms with E-state index in [1.807, 2.05) is 0 Å². The molecule has 3 unspecified atom stereocenters. The third-order valence-electron chi connectivity index (χ3n) is 8.42. The Balaban J connectivity index is 2.73. The maximum atomic E-state index is 13.4. The first-order valence-electron chi connectivity index (χ1n) is 18.4. The predicted molar refractivity (Wildman–Crippen MR) is 195 cm³/mol. The molecule has 0 aromatic heterocycles. The van der Waals surface area contributed by atoms with Gasteiger partial charge >= 0.3 is 0 Å². The van der Waals surface area contributed by atoms with Crippen molar-refractivity contribution in [3.63, 3.8) is 0 Å². The number of anilines is 1. The topological polar surface area (TPSA) is 238 Å². The Morgan fingerprint density at radius 2 is 1.08 bits per heavy atom. The van der Waals surface area contributed by atoms with Crippen molar-refractivity contribution in [3.05, 3.63) is 29.8 Å². The third-order valence-corrected chi connectivity index (χ3v) is 8.42. The van der Waals surface area contributed by atoms with Crippen LogP contribution in [-0.2, 0) is 19.2 Å². The Labute approximate surface area is 293 Å². The number of carbonyl (C=O) groups is 5. The number of benzene rings is 1. The second-order valence-electron chi connectivity index (χ2n) is 12.8. The fourth-order valence-electron chi connectivity index (χ4n) is 5.49. The highest BCUT2D eigenvalue weighted by Gasteiger charge is 2.29. The zero-order valence-corrected chi connectivity index (χ0v) is 29.7. The van der Waals surface area contributed by atoms with Gasteiger partial charge in [-0.2, -0.15) is 0 Å². The Kier molecular flexibility index (Phi) is 24.2. The van der Waals surface area contributed by atoms with Crippen LogP contribution in [0.5, 0.6) is 0 Å². The number of nitrogens with two attached hydrogens (primary N) is 4. The van der Waals surface area contributed by atoms with E-state index in [0.29, 0.717) is 44.5 Å². The van der Waals surface area contributed by atoms with Gasteiger partial charge in [0.1, 0.15) is 18.1 Å². The van der Waals surface area contributed by atoms with Crippen LogP contribution < -0.4 is 44.2 Å². The molecule has 0 spiro atoms. The van der Waals surface area contributed by atoms with Crippen LogP contribution in [0.2, 0.25) is 0 Å². The van der Waals surface area contributed by atoms with Crippen LogP contribution in [0.3, 0.4) is 0 Å². The van der Waals surface area contributed by atoms with Crippen LogP contribution in [0.4, 0.5) is 5.69 Å². The van der Waals surface area contributed by atoms with Gasteiger partial charge in [0.2, 0.25) is 23.6 Å². The summed E-state index contributed by atoms with van der Waals surface area (Å²) in [5.41, 5.74) is 23.1. The van der Waals surface area contributed by atoms with Gasteiger partial charge in [0.25, 0.3) is 5.91 Å². The summed E-state index contributed by atoms with van der Waals surface area (Å²) < 4.78 is 0. The van der Waals surface area contributed by atoms with Gasteiger partial charge in [-0.05, 0) is 82.8 Å². The molecular formula is C36H64N8O5. The minimum absolute atomic E-state index is 0.114. The molecule has 278 valence electrons. The molecule has 5 amide bonds. The van der Waals surface area contributed by atoms with Crippen LogP contribution >= 0.6 is 0 Å². The zero-order valence-electron chi connectivity index (χ0n) is 29.7. The summed E-state index contributed by atoms with van der Waals surface area (Å²) in [5, 5.41) is 10.9. The summed E-state index contributed by atoms with van der Waals surface area (Å²) in [5.74, 6) is -2.49. The lowest BCUT2D eigenvalue weighted by Gasteiger charge is -2.25. The molecule has 0 aliphatic rings. The van der Waals surface area contributed by atoms with Crippen LogP contribution in [-0.4, -0.2) is 67.3 Å². The molecule has 49 heavy (non-hydrogen) atoms. The largest absolute Gasteiger partial charge is 0.368 e. The Bertz CT molecular complexity index is 1120. The molecule has 13 nitrogen and oxygen atoms in total. The van der Waals surface area contributed by atoms with E-state index in [-0.39, 0.29) is 37.3 Å². The molecule has 0 saturated heterocycles. The van der Waals surface area contributed by atoms with E-state index in [1.165, 1.54) is 51.4 Å². The molecule has 3 atom stereocenters. The molecule has 0 saturated carbocycles. The van der Waals surface area contributed by atoms with Gasteiger partial charge in [0, 0.05) is 17.7 Å². The third kappa shape index (κ3) is 19.9. The smallest absolute Gasteiger partial charge is 0.252 e. The summed E-state index contributed by atoms with van der Waals surface area (Å²) in [6.45, 7) is 3.13. The lowest BCUT2D eigenvalue weighted by atomic mass is 10.0. The molecule has 1 rings (SSSR count). The summed E-state index contributed by atoms with van der Waals surface area (Å²) in [7, 11) is 0. The molecule has 0 aliphatic heterocycles. The number of hydrogen-bond acceptors (Lipinski definition) is 8. The van der Waals surface area contributed by atoms with E-state index in [4.69, 9.17) is 22.9 Å². The molecule has 12 N–H and O–H groups in total. The second-order valence-corrected chi connectivity index (χ2v) is 12.8. The van der Waals surface area contributed by atoms with Gasteiger partial charge in [-0.1, -0.05) is 77.2 Å². The van der Waals surface area contributed by atoms with Gasteiger partial charge in [0.05, 0.1) is 0 Å². The van der Waals surface area contributed by atoms with E-state index in [1.54, 1.807) is 24.3 Å². The number of nitrogens with one attached hydrogen (secondary N) is 4. The number of amides is 5. The maximum Gasteiger partial charge on any atom is 0.252 e. The molecule has 0 fully saturated rings. The summed E-state index contributed by atoms with van der Waals surface area (Å²) in [4.78, 5) is 64.2. The van der Waals surface area contributed by atoms with Gasteiger partial charge < -0.3 is 44.2 Å². The predicted octanol–water partition coefficient (Wildman–Crippen LogP) is 3.10. The van der Waals surface area contributed by atoms with Gasteiger partial charge in [-0.25, -0.2) is 0 Å². The van der Waals surface area contributed by atoms with E-state index >= 15 is 0 Å². The number of carbonyl (C=O) groups excluding carboxylic acids is 5. The van der Waals surface area contributed by atoms with Crippen LogP contribution in [0.1, 0.15) is 133 Å². The van der Waals surface area contributed by atoms with Crippen molar-refractivity contribution in [2.45, 2.75) is 141 Å². The first-order valence-corrected chi connectivity index (χ1v) is 18.4. The van der Waals surface area contributed by atoms with E-state index < -0.39 is 41.8 Å². The molecule has 13 heteroatoms. The molecule has 0 heterocycles. The second kappa shape index (κ2) is 27.3. The average molecular weight is 689 g/mol. The molecular weight excluding hydrogens is 624 g/mol. The van der Waals surface area contributed by atoms with Gasteiger partial charge in [-0.15, -0.1) is 0 Å². The van der Waals surface area contributed by atoms with Crippen molar-refractivity contribution in [3.8, 4) is 0 Å². The van der Waals surface area contributed by atoms with Crippen molar-refractivity contribution in [2.24, 2.45) is 22.9 Å². The molecule has 1 aromatic rings. The summed E-state index contributed by atoms with van der Waals surface area (Å²) in [6, 6.07) is 3.59. The Morgan fingerprint density at radius 3 is 1.59 bits per heavy atom. The summed E-state index contributed by atoms with van der Waals surface area (Å²) >= 11 is 0. The lowest BCUT2D eigenvalue weighted by Crippen LogP contribution is -2.56. The average Bonchev–Trinajstić information content (AvgIpc) is 3.08. The minimum atomic E-state index is -1.01. The minimum Gasteiger partial charge on any atom is -0.368 e. The SMILES string of the molecule is CCCCCCCCCCCCCC(=O)Nc1cccc(C(=O)NC(CCCN)C(=O)NC(CCCN)C(=O)NC(CCCN)C(N)=O)c1. The standard InChI is InChI=1S/C36H64N8O5/c1-2-3-4-5-6-7-8-9-10-11-12-22-32(45)41-28-18-13-17-27(26-28)34(47)43-30(20-15-24-38)36(49)44-31(21-16-25-39)35(48)42-29(33(40)46)19-14-23-37/h13,17-18,26,29-31H,2-12,14-16,19-25,37-39H2,1H3,(H2,40,46)(H,41,45)(H,42,48)(H,43,47)(H,44,49). The fraction of sp³-hybridized carbons (Fsp3) is 0.694. The monoisotopic (exact) mass is 688 g/mol. The van der Waals surface area contributed by atoms with Crippen molar-refractivity contribution in [2.75, 3.05) is 25.0 Å². The highest BCUT2D eigenvalue weighted by atomic mass is 16.2. The van der Waals surface area contributed by atoms with Crippen LogP contribution in [0.15, 0.2) is 24.3 Å². The quantitative estimate of drug-likeness (QED) is 0.0581. The fourth-order valence-corrected chi connectivity index (χ4v) is 5.49. The number of unbranched alkanes of at least 4 members (excludes halogenated alkanes) is 10. The Morgan fingerprint density at radius 1 is 0.612 bits per heavy atom. The van der Waals surface area contributed by atoms with E-state index in [9.17, 15) is 24.0 Å². The highest BCUT2D eigenvalue weighted by molar-refractivity contribution is 6.00. The molecule has 0 radical (unpaired) electrons. The maximum absolute atomic E-state index is 13.4. The molecule has 0 bridgehead atoms. The number of primary amides is 1. The normalized spacial score (nSPS) is 12.8. The van der Waals surface area contributed by atoms with Gasteiger partial charge in [-0.3, -0.25) is 24.0 Å². The van der Waals surface area contributed by atoms with Crippen molar-refractivity contribution < 1.29 is 24.0 Å². The zero-order chi connectivity index (χ0) is 36.3.